The maximum absolute atomic E-state index is 2.42. The van der Waals surface area contributed by atoms with Crippen molar-refractivity contribution in [2.45, 2.75) is 135 Å². The molecule has 0 atom stereocenters. The van der Waals surface area contributed by atoms with Crippen molar-refractivity contribution in [3.8, 4) is 77.9 Å². The maximum Gasteiger partial charge on any atom is -0.000719 e. The first-order valence-electron chi connectivity index (χ1n) is 48.2. The molecule has 0 heteroatoms. The molecule has 0 spiro atoms. The molecule has 21 aromatic carbocycles. The Balaban J connectivity index is 0.0000000944. The van der Waals surface area contributed by atoms with E-state index < -0.39 is 0 Å². The van der Waals surface area contributed by atoms with Crippen molar-refractivity contribution in [1.82, 2.24) is 0 Å². The molecule has 650 valence electrons. The van der Waals surface area contributed by atoms with Crippen LogP contribution in [0.3, 0.4) is 0 Å². The Hall–Kier alpha value is -14.8. The van der Waals surface area contributed by atoms with Gasteiger partial charge in [0.2, 0.25) is 0 Å². The highest BCUT2D eigenvalue weighted by Gasteiger charge is 2.29. The zero-order valence-electron chi connectivity index (χ0n) is 79.7. The van der Waals surface area contributed by atoms with Crippen molar-refractivity contribution < 1.29 is 0 Å². The number of hydrogen-bond donors (Lipinski definition) is 0. The number of rotatable bonds is 2. The van der Waals surface area contributed by atoms with Crippen molar-refractivity contribution in [2.24, 2.45) is 0 Å². The lowest BCUT2D eigenvalue weighted by Gasteiger charge is -2.19. The monoisotopic (exact) mass is 1720 g/mol. The van der Waals surface area contributed by atoms with Crippen LogP contribution < -0.4 is 0 Å². The number of fused-ring (bicyclic) bond motifs is 27. The smallest absolute Gasteiger partial charge is 0.000719 e. The van der Waals surface area contributed by atoms with E-state index in [-0.39, 0.29) is 0 Å². The summed E-state index contributed by atoms with van der Waals surface area (Å²) in [6.45, 7) is 28.3. The lowest BCUT2D eigenvalue weighted by Crippen LogP contribution is -2.01. The van der Waals surface area contributed by atoms with Gasteiger partial charge in [-0.15, -0.1) is 0 Å². The van der Waals surface area contributed by atoms with Crippen LogP contribution in [0.15, 0.2) is 364 Å². The van der Waals surface area contributed by atoms with E-state index >= 15 is 0 Å². The van der Waals surface area contributed by atoms with Gasteiger partial charge in [0.15, 0.2) is 0 Å². The minimum absolute atomic E-state index is 1.08. The van der Waals surface area contributed by atoms with E-state index in [4.69, 9.17) is 0 Å². The Morgan fingerprint density at radius 2 is 0.522 bits per heavy atom. The first-order valence-corrected chi connectivity index (χ1v) is 48.2. The average Bonchev–Trinajstić information content (AvgIpc) is 1.59. The predicted molar refractivity (Wildman–Crippen MR) is 579 cm³/mol. The van der Waals surface area contributed by atoms with E-state index in [2.05, 4.69) is 460 Å². The summed E-state index contributed by atoms with van der Waals surface area (Å²) in [6.07, 6.45) is 12.5. The molecule has 134 heavy (non-hydrogen) atoms. The predicted octanol–water partition coefficient (Wildman–Crippen LogP) is 36.0. The van der Waals surface area contributed by atoms with Crippen molar-refractivity contribution in [1.29, 1.82) is 0 Å². The van der Waals surface area contributed by atoms with Gasteiger partial charge in [-0.2, -0.15) is 0 Å². The molecule has 0 fully saturated rings. The third-order valence-corrected chi connectivity index (χ3v) is 29.1. The van der Waals surface area contributed by atoms with Gasteiger partial charge in [-0.25, -0.2) is 0 Å². The molecule has 0 aliphatic heterocycles. The van der Waals surface area contributed by atoms with Crippen LogP contribution in [0.1, 0.15) is 146 Å². The van der Waals surface area contributed by atoms with Gasteiger partial charge in [-0.3, -0.25) is 0 Å². The van der Waals surface area contributed by atoms with E-state index in [1.54, 1.807) is 11.1 Å². The highest BCUT2D eigenvalue weighted by Crippen LogP contribution is 2.50. The lowest BCUT2D eigenvalue weighted by molar-refractivity contribution is 0.981. The topological polar surface area (TPSA) is 0 Å². The molecule has 21 aromatic rings. The summed E-state index contributed by atoms with van der Waals surface area (Å²) in [7, 11) is 0. The summed E-state index contributed by atoms with van der Waals surface area (Å²) < 4.78 is 0. The molecule has 27 rings (SSSR count). The molecule has 0 heterocycles. The zero-order chi connectivity index (χ0) is 91.7. The standard InChI is InChI=1S/C23H20.2C22H18.2C19H16.C15H14.C14H12/c1-14-11-16-13-17-12-15(2)19-8-4-6-10-21(19)23(17)22(16)20-9-5-3-7-18(14)20;1-15-3-5-19-13-21(9-7-17(19)11-15)22-10-8-18-12-16(2)4-6-20(18)14-22;1-15-11-13-21(19-9-5-3-7-17(15)19)22-14-12-16(2)18-8-4-6-10-20(18)22;1-12-3-6-16-14(9-12)5-8-18-17-7-4-13(2)10-15(17)11-19(16)18;1-12-7-8-17-14(9-12)11-15-10-13(2)16-5-3-4-6-18(16)19(15)17;1-10-3-5-14-12(7-10)9-13-8-11(2)4-6-15(13)14;1-10-6-7-12-9-11-4-2-3-5-13(11)14(12)8-10/h3-5,7-9,11-12H,6,10,13H2,1-2H3;2*3-14H,1-2H3;2*3-10H,11H2,1-2H3;3-8H,9H2,1-2H3;2-8H,9H2,1H3. The highest BCUT2D eigenvalue weighted by molar-refractivity contribution is 6.09. The van der Waals surface area contributed by atoms with Crippen molar-refractivity contribution in [3.63, 3.8) is 0 Å². The fourth-order valence-electron chi connectivity index (χ4n) is 22.5. The quantitative estimate of drug-likeness (QED) is 0.162. The molecule has 0 saturated heterocycles. The molecule has 0 nitrogen and oxygen atoms in total. The van der Waals surface area contributed by atoms with Crippen molar-refractivity contribution >= 4 is 81.5 Å². The van der Waals surface area contributed by atoms with Gasteiger partial charge < -0.3 is 0 Å². The molecule has 0 amide bonds. The van der Waals surface area contributed by atoms with Gasteiger partial charge >= 0.3 is 0 Å². The summed E-state index contributed by atoms with van der Waals surface area (Å²) >= 11 is 0. The summed E-state index contributed by atoms with van der Waals surface area (Å²) in [5, 5.41) is 18.9. The third-order valence-electron chi connectivity index (χ3n) is 29.1. The van der Waals surface area contributed by atoms with Crippen LogP contribution in [0.4, 0.5) is 0 Å². The summed E-state index contributed by atoms with van der Waals surface area (Å²) in [5.74, 6) is 0. The molecular weight excluding hydrogens is 1610 g/mol. The van der Waals surface area contributed by atoms with E-state index in [1.165, 1.54) is 294 Å². The Morgan fingerprint density at radius 3 is 1.09 bits per heavy atom. The molecular formula is C134H114. The van der Waals surface area contributed by atoms with Crippen LogP contribution in [-0.4, -0.2) is 0 Å². The Kier molecular flexibility index (Phi) is 23.1. The zero-order valence-corrected chi connectivity index (χ0v) is 79.7. The van der Waals surface area contributed by atoms with Crippen LogP contribution in [-0.2, 0) is 38.5 Å². The van der Waals surface area contributed by atoms with Gasteiger partial charge in [-0.1, -0.05) is 402 Å². The number of hydrogen-bond acceptors (Lipinski definition) is 0. The van der Waals surface area contributed by atoms with E-state index in [9.17, 15) is 0 Å². The fraction of sp³-hybridized carbons (Fsp3) is 0.149. The second-order valence-electron chi connectivity index (χ2n) is 38.8. The summed E-state index contributed by atoms with van der Waals surface area (Å²) in [4.78, 5) is 0. The van der Waals surface area contributed by atoms with E-state index in [0.29, 0.717) is 0 Å². The summed E-state index contributed by atoms with van der Waals surface area (Å²) in [6, 6.07) is 132. The van der Waals surface area contributed by atoms with Crippen LogP contribution in [0, 0.1) is 90.0 Å². The second-order valence-corrected chi connectivity index (χ2v) is 38.8. The van der Waals surface area contributed by atoms with Gasteiger partial charge in [0.25, 0.3) is 0 Å². The maximum atomic E-state index is 2.42. The van der Waals surface area contributed by atoms with Crippen LogP contribution >= 0.6 is 0 Å². The van der Waals surface area contributed by atoms with Crippen LogP contribution in [0.5, 0.6) is 0 Å². The van der Waals surface area contributed by atoms with Crippen LogP contribution in [0.25, 0.3) is 159 Å². The normalized spacial score (nSPS) is 12.4. The largest absolute Gasteiger partial charge is 0.0836 e. The molecule has 0 N–H and O–H groups in total. The highest BCUT2D eigenvalue weighted by atomic mass is 14.3. The number of aryl methyl sites for hydroxylation is 13. The molecule has 0 saturated carbocycles. The molecule has 0 unspecified atom stereocenters. The second kappa shape index (κ2) is 36.0. The Bertz CT molecular complexity index is 8140. The van der Waals surface area contributed by atoms with Crippen LogP contribution in [0.2, 0.25) is 0 Å². The first kappa shape index (κ1) is 85.9. The molecule has 6 aliphatic carbocycles. The average molecular weight is 1720 g/mol. The lowest BCUT2D eigenvalue weighted by atomic mass is 9.85. The molecule has 0 bridgehead atoms. The molecule has 0 aromatic heterocycles. The SMILES string of the molecule is Cc1cc2c(c3c1C=CCC3)-c1c(cc(C)c3ccccc13)C2.Cc1ccc(-c2ccc(C)c3ccccc23)c2ccccc12.Cc1ccc2c(c1)-c1ccccc1C2.Cc1ccc2c(c1)Cc1c-2ccc2cc(C)ccc12.Cc1ccc2c(c1)Cc1cc(C)c3ccccc3c1-2.Cc1ccc2c(c1)Cc1cc(C)ccc1-2.Cc1ccc2cc(-c3ccc4cc(C)ccc4c3)ccc2c1. The van der Waals surface area contributed by atoms with Gasteiger partial charge in [0.1, 0.15) is 0 Å². The summed E-state index contributed by atoms with van der Waals surface area (Å²) in [5.41, 5.74) is 55.2. The Morgan fingerprint density at radius 1 is 0.172 bits per heavy atom. The van der Waals surface area contributed by atoms with Gasteiger partial charge in [0, 0.05) is 0 Å². The fourth-order valence-corrected chi connectivity index (χ4v) is 22.5. The van der Waals surface area contributed by atoms with Gasteiger partial charge in [-0.05, 0) is 395 Å². The first-order chi connectivity index (χ1) is 65.2. The minimum atomic E-state index is 1.08. The van der Waals surface area contributed by atoms with E-state index in [0.717, 1.165) is 32.1 Å². The number of benzene rings is 21. The van der Waals surface area contributed by atoms with Gasteiger partial charge in [0.05, 0.1) is 0 Å². The Labute approximate surface area is 791 Å². The van der Waals surface area contributed by atoms with Crippen molar-refractivity contribution in [3.05, 3.63) is 503 Å². The molecule has 6 aliphatic rings. The third kappa shape index (κ3) is 16.7. The number of allylic oxidation sites excluding steroid dienone is 1. The van der Waals surface area contributed by atoms with Crippen molar-refractivity contribution in [2.75, 3.05) is 0 Å². The minimum Gasteiger partial charge on any atom is -0.0836 e. The van der Waals surface area contributed by atoms with E-state index in [1.807, 2.05) is 0 Å². The molecule has 0 radical (unpaired) electrons.